The van der Waals surface area contributed by atoms with Crippen LogP contribution in [0.5, 0.6) is 0 Å². The van der Waals surface area contributed by atoms with Crippen molar-refractivity contribution in [2.24, 2.45) is 35.3 Å². The number of hydrogen-bond donors (Lipinski definition) is 1. The van der Waals surface area contributed by atoms with Crippen LogP contribution in [0, 0.1) is 29.6 Å². The van der Waals surface area contributed by atoms with Crippen molar-refractivity contribution in [3.63, 3.8) is 0 Å². The standard InChI is InChI=1S/C16H27NS/c17-16(1-3-18-4-2-16)10-15-13-6-11-5-12(8-13)9-14(15)7-11/h11-15H,1-10,17H2. The molecule has 2 heteroatoms. The molecule has 4 saturated carbocycles. The summed E-state index contributed by atoms with van der Waals surface area (Å²) < 4.78 is 0. The van der Waals surface area contributed by atoms with Gasteiger partial charge in [-0.3, -0.25) is 0 Å². The average molecular weight is 265 g/mol. The molecule has 1 heterocycles. The molecule has 5 rings (SSSR count). The molecule has 0 aromatic heterocycles. The van der Waals surface area contributed by atoms with E-state index in [0.29, 0.717) is 0 Å². The lowest BCUT2D eigenvalue weighted by molar-refractivity contribution is -0.0484. The summed E-state index contributed by atoms with van der Waals surface area (Å²) in [5, 5.41) is 0. The van der Waals surface area contributed by atoms with Gasteiger partial charge in [0.05, 0.1) is 0 Å². The fourth-order valence-electron chi connectivity index (χ4n) is 5.82. The van der Waals surface area contributed by atoms with Gasteiger partial charge in [-0.25, -0.2) is 0 Å². The predicted molar refractivity (Wildman–Crippen MR) is 78.6 cm³/mol. The summed E-state index contributed by atoms with van der Waals surface area (Å²) in [6.45, 7) is 0. The Labute approximate surface area is 116 Å². The Balaban J connectivity index is 1.48. The minimum absolute atomic E-state index is 0.214. The fraction of sp³-hybridized carbons (Fsp3) is 1.00. The van der Waals surface area contributed by atoms with Gasteiger partial charge in [-0.05, 0) is 92.5 Å². The van der Waals surface area contributed by atoms with E-state index in [1.807, 2.05) is 0 Å². The van der Waals surface area contributed by atoms with Gasteiger partial charge in [0.15, 0.2) is 0 Å². The van der Waals surface area contributed by atoms with Gasteiger partial charge in [-0.15, -0.1) is 0 Å². The van der Waals surface area contributed by atoms with Crippen molar-refractivity contribution in [1.29, 1.82) is 0 Å². The molecule has 1 nitrogen and oxygen atoms in total. The quantitative estimate of drug-likeness (QED) is 0.824. The van der Waals surface area contributed by atoms with Gasteiger partial charge in [-0.2, -0.15) is 11.8 Å². The highest BCUT2D eigenvalue weighted by atomic mass is 32.2. The van der Waals surface area contributed by atoms with E-state index in [1.54, 1.807) is 32.1 Å². The van der Waals surface area contributed by atoms with Gasteiger partial charge in [0.25, 0.3) is 0 Å². The van der Waals surface area contributed by atoms with Crippen molar-refractivity contribution < 1.29 is 0 Å². The Morgan fingerprint density at radius 1 is 0.889 bits per heavy atom. The van der Waals surface area contributed by atoms with Gasteiger partial charge in [-0.1, -0.05) is 0 Å². The molecule has 18 heavy (non-hydrogen) atoms. The summed E-state index contributed by atoms with van der Waals surface area (Å²) in [7, 11) is 0. The van der Waals surface area contributed by atoms with Gasteiger partial charge in [0.2, 0.25) is 0 Å². The molecule has 0 aromatic carbocycles. The molecule has 5 aliphatic rings. The zero-order valence-corrected chi connectivity index (χ0v) is 12.3. The lowest BCUT2D eigenvalue weighted by Gasteiger charge is -2.56. The summed E-state index contributed by atoms with van der Waals surface area (Å²) in [5.74, 6) is 7.98. The second kappa shape index (κ2) is 4.41. The molecule has 0 radical (unpaired) electrons. The number of rotatable bonds is 2. The first kappa shape index (κ1) is 12.1. The van der Waals surface area contributed by atoms with Crippen molar-refractivity contribution in [3.8, 4) is 0 Å². The third kappa shape index (κ3) is 2.04. The SMILES string of the molecule is NC1(CC2C3CC4CC(C3)CC2C4)CCSCC1. The fourth-order valence-corrected chi connectivity index (χ4v) is 7.13. The minimum Gasteiger partial charge on any atom is -0.325 e. The van der Waals surface area contributed by atoms with Crippen LogP contribution < -0.4 is 5.73 Å². The zero-order valence-electron chi connectivity index (χ0n) is 11.4. The third-order valence-electron chi connectivity index (χ3n) is 6.55. The number of hydrogen-bond acceptors (Lipinski definition) is 2. The molecule has 5 fully saturated rings. The summed E-state index contributed by atoms with van der Waals surface area (Å²) in [6.07, 6.45) is 11.7. The molecule has 0 spiro atoms. The first-order chi connectivity index (χ1) is 8.72. The number of thioether (sulfide) groups is 1. The van der Waals surface area contributed by atoms with Crippen LogP contribution in [0.2, 0.25) is 0 Å². The van der Waals surface area contributed by atoms with Gasteiger partial charge < -0.3 is 5.73 Å². The number of nitrogens with two attached hydrogens (primary N) is 1. The molecule has 0 aromatic rings. The molecule has 2 N–H and O–H groups in total. The van der Waals surface area contributed by atoms with Crippen LogP contribution in [-0.2, 0) is 0 Å². The molecule has 1 saturated heterocycles. The predicted octanol–water partition coefficient (Wildman–Crippen LogP) is 3.67. The van der Waals surface area contributed by atoms with E-state index in [9.17, 15) is 0 Å². The van der Waals surface area contributed by atoms with E-state index in [-0.39, 0.29) is 5.54 Å². The molecule has 102 valence electrons. The molecule has 4 bridgehead atoms. The van der Waals surface area contributed by atoms with Gasteiger partial charge in [0, 0.05) is 5.54 Å². The lowest BCUT2D eigenvalue weighted by Crippen LogP contribution is -2.51. The summed E-state index contributed by atoms with van der Waals surface area (Å²) in [4.78, 5) is 0. The Hall–Kier alpha value is 0.310. The Morgan fingerprint density at radius 2 is 1.44 bits per heavy atom. The second-order valence-corrected chi connectivity index (χ2v) is 9.00. The third-order valence-corrected chi connectivity index (χ3v) is 7.54. The maximum absolute atomic E-state index is 6.73. The monoisotopic (exact) mass is 265 g/mol. The summed E-state index contributed by atoms with van der Waals surface area (Å²) in [5.41, 5.74) is 6.94. The van der Waals surface area contributed by atoms with Crippen LogP contribution in [0.3, 0.4) is 0 Å². The van der Waals surface area contributed by atoms with E-state index in [1.165, 1.54) is 30.8 Å². The Morgan fingerprint density at radius 3 is 2.00 bits per heavy atom. The Bertz CT molecular complexity index is 293. The minimum atomic E-state index is 0.214. The van der Waals surface area contributed by atoms with Crippen molar-refractivity contribution in [2.45, 2.75) is 56.9 Å². The maximum Gasteiger partial charge on any atom is 0.0172 e. The molecular weight excluding hydrogens is 238 g/mol. The van der Waals surface area contributed by atoms with Gasteiger partial charge in [0.1, 0.15) is 0 Å². The lowest BCUT2D eigenvalue weighted by atomic mass is 9.50. The topological polar surface area (TPSA) is 26.0 Å². The summed E-state index contributed by atoms with van der Waals surface area (Å²) >= 11 is 2.11. The van der Waals surface area contributed by atoms with Gasteiger partial charge >= 0.3 is 0 Å². The first-order valence-electron chi connectivity index (χ1n) is 8.08. The van der Waals surface area contributed by atoms with Crippen LogP contribution in [-0.4, -0.2) is 17.0 Å². The van der Waals surface area contributed by atoms with Crippen LogP contribution in [0.15, 0.2) is 0 Å². The highest BCUT2D eigenvalue weighted by molar-refractivity contribution is 7.99. The van der Waals surface area contributed by atoms with Crippen molar-refractivity contribution in [1.82, 2.24) is 0 Å². The molecule has 0 unspecified atom stereocenters. The van der Waals surface area contributed by atoms with Crippen LogP contribution >= 0.6 is 11.8 Å². The largest absolute Gasteiger partial charge is 0.325 e. The zero-order chi connectivity index (χ0) is 12.2. The van der Waals surface area contributed by atoms with Crippen LogP contribution in [0.25, 0.3) is 0 Å². The van der Waals surface area contributed by atoms with E-state index in [4.69, 9.17) is 5.73 Å². The second-order valence-electron chi connectivity index (χ2n) is 7.77. The maximum atomic E-state index is 6.73. The van der Waals surface area contributed by atoms with Crippen molar-refractivity contribution in [2.75, 3.05) is 11.5 Å². The van der Waals surface area contributed by atoms with Crippen molar-refractivity contribution >= 4 is 11.8 Å². The Kier molecular flexibility index (Phi) is 2.96. The average Bonchev–Trinajstić information content (AvgIpc) is 2.34. The van der Waals surface area contributed by atoms with E-state index < -0.39 is 0 Å². The highest BCUT2D eigenvalue weighted by Crippen LogP contribution is 2.58. The molecule has 0 amide bonds. The molecule has 1 aliphatic heterocycles. The normalized spacial score (nSPS) is 49.5. The van der Waals surface area contributed by atoms with Crippen LogP contribution in [0.1, 0.15) is 51.4 Å². The molecule has 4 aliphatic carbocycles. The van der Waals surface area contributed by atoms with E-state index >= 15 is 0 Å². The molecule has 0 atom stereocenters. The van der Waals surface area contributed by atoms with E-state index in [2.05, 4.69) is 11.8 Å². The van der Waals surface area contributed by atoms with E-state index in [0.717, 1.165) is 29.6 Å². The highest BCUT2D eigenvalue weighted by Gasteiger charge is 2.49. The molecular formula is C16H27NS. The first-order valence-corrected chi connectivity index (χ1v) is 9.24. The smallest absolute Gasteiger partial charge is 0.0172 e. The van der Waals surface area contributed by atoms with Crippen molar-refractivity contribution in [3.05, 3.63) is 0 Å². The summed E-state index contributed by atoms with van der Waals surface area (Å²) in [6, 6.07) is 0. The van der Waals surface area contributed by atoms with Crippen LogP contribution in [0.4, 0.5) is 0 Å².